The third kappa shape index (κ3) is 3.76. The number of amides is 1. The summed E-state index contributed by atoms with van der Waals surface area (Å²) in [5.74, 6) is 0.718. The molecule has 0 aliphatic rings. The summed E-state index contributed by atoms with van der Waals surface area (Å²) in [6, 6.07) is 8.88. The molecular formula is C16H12ClN5O2. The van der Waals surface area contributed by atoms with E-state index in [0.29, 0.717) is 22.1 Å². The van der Waals surface area contributed by atoms with Crippen LogP contribution in [0.5, 0.6) is 5.75 Å². The third-order valence-electron chi connectivity index (χ3n) is 3.00. The zero-order valence-electron chi connectivity index (χ0n) is 12.3. The van der Waals surface area contributed by atoms with Crippen LogP contribution in [0.15, 0.2) is 55.1 Å². The van der Waals surface area contributed by atoms with Gasteiger partial charge in [-0.05, 0) is 24.3 Å². The van der Waals surface area contributed by atoms with Gasteiger partial charge in [-0.2, -0.15) is 0 Å². The summed E-state index contributed by atoms with van der Waals surface area (Å²) in [6.07, 6.45) is 5.14. The lowest BCUT2D eigenvalue weighted by Crippen LogP contribution is -2.16. The molecule has 0 radical (unpaired) electrons. The maximum atomic E-state index is 11.0. The number of carbonyl (C=O) groups is 1. The lowest BCUT2D eigenvalue weighted by molar-refractivity contribution is 0.211. The molecule has 3 N–H and O–H groups in total. The van der Waals surface area contributed by atoms with E-state index in [1.807, 2.05) is 12.1 Å². The number of nitrogens with two attached hydrogens (primary N) is 1. The predicted molar refractivity (Wildman–Crippen MR) is 90.2 cm³/mol. The number of nitrogens with zero attached hydrogens (tertiary/aromatic N) is 3. The number of primary amides is 1. The molecular weight excluding hydrogens is 330 g/mol. The van der Waals surface area contributed by atoms with Crippen molar-refractivity contribution in [2.75, 3.05) is 5.32 Å². The zero-order chi connectivity index (χ0) is 16.9. The van der Waals surface area contributed by atoms with Gasteiger partial charge in [0.2, 0.25) is 0 Å². The van der Waals surface area contributed by atoms with Gasteiger partial charge in [-0.3, -0.25) is 9.97 Å². The van der Waals surface area contributed by atoms with Crippen LogP contribution in [0.2, 0.25) is 5.02 Å². The molecule has 0 aliphatic heterocycles. The summed E-state index contributed by atoms with van der Waals surface area (Å²) in [5.41, 5.74) is 6.89. The Balaban J connectivity index is 1.92. The van der Waals surface area contributed by atoms with Crippen LogP contribution >= 0.6 is 11.6 Å². The lowest BCUT2D eigenvalue weighted by atomic mass is 10.2. The van der Waals surface area contributed by atoms with Crippen molar-refractivity contribution in [2.45, 2.75) is 0 Å². The number of carbonyl (C=O) groups excluding carboxylic acids is 1. The van der Waals surface area contributed by atoms with E-state index in [1.54, 1.807) is 36.8 Å². The fourth-order valence-corrected chi connectivity index (χ4v) is 2.24. The number of halogens is 1. The standard InChI is InChI=1S/C16H12ClN5O2/c17-10-2-1-3-11(6-10)21-15-9-20-7-13(22-15)12-4-5-19-8-14(12)24-16(18)23/h1-9H,(H2,18,23)(H,21,22). The van der Waals surface area contributed by atoms with Gasteiger partial charge >= 0.3 is 6.09 Å². The van der Waals surface area contributed by atoms with Gasteiger partial charge in [0.25, 0.3) is 0 Å². The molecule has 3 aromatic rings. The quantitative estimate of drug-likeness (QED) is 0.753. The second kappa shape index (κ2) is 6.93. The first-order chi connectivity index (χ1) is 11.6. The monoisotopic (exact) mass is 341 g/mol. The van der Waals surface area contributed by atoms with Gasteiger partial charge < -0.3 is 15.8 Å². The van der Waals surface area contributed by atoms with Crippen molar-refractivity contribution in [2.24, 2.45) is 5.73 Å². The molecule has 3 rings (SSSR count). The molecule has 1 amide bonds. The minimum atomic E-state index is -0.926. The smallest absolute Gasteiger partial charge is 0.408 e. The van der Waals surface area contributed by atoms with Crippen molar-refractivity contribution in [1.82, 2.24) is 15.0 Å². The Morgan fingerprint density at radius 2 is 2.04 bits per heavy atom. The molecule has 0 fully saturated rings. The Bertz CT molecular complexity index is 888. The molecule has 0 unspecified atom stereocenters. The number of anilines is 2. The van der Waals surface area contributed by atoms with E-state index >= 15 is 0 Å². The normalized spacial score (nSPS) is 10.2. The van der Waals surface area contributed by atoms with Gasteiger partial charge in [-0.15, -0.1) is 0 Å². The molecule has 2 heterocycles. The van der Waals surface area contributed by atoms with Crippen molar-refractivity contribution < 1.29 is 9.53 Å². The first-order valence-electron chi connectivity index (χ1n) is 6.88. The predicted octanol–water partition coefficient (Wildman–Crippen LogP) is 3.39. The highest BCUT2D eigenvalue weighted by atomic mass is 35.5. The molecule has 2 aromatic heterocycles. The van der Waals surface area contributed by atoms with Crippen molar-refractivity contribution >= 4 is 29.2 Å². The molecule has 0 atom stereocenters. The second-order valence-corrected chi connectivity index (χ2v) is 5.15. The number of pyridine rings is 1. The van der Waals surface area contributed by atoms with Gasteiger partial charge in [0.1, 0.15) is 5.82 Å². The van der Waals surface area contributed by atoms with Crippen molar-refractivity contribution in [3.63, 3.8) is 0 Å². The summed E-state index contributed by atoms with van der Waals surface area (Å²) in [4.78, 5) is 23.5. The largest absolute Gasteiger partial charge is 0.410 e. The molecule has 0 aliphatic carbocycles. The number of hydrogen-bond acceptors (Lipinski definition) is 6. The van der Waals surface area contributed by atoms with Crippen molar-refractivity contribution in [3.05, 3.63) is 60.1 Å². The molecule has 7 nitrogen and oxygen atoms in total. The van der Waals surface area contributed by atoms with Crippen LogP contribution < -0.4 is 15.8 Å². The Hall–Kier alpha value is -3.19. The van der Waals surface area contributed by atoms with E-state index in [1.165, 1.54) is 6.20 Å². The molecule has 120 valence electrons. The molecule has 24 heavy (non-hydrogen) atoms. The lowest BCUT2D eigenvalue weighted by Gasteiger charge is -2.09. The molecule has 0 saturated carbocycles. The maximum Gasteiger partial charge on any atom is 0.410 e. The van der Waals surface area contributed by atoms with Crippen LogP contribution in [0, 0.1) is 0 Å². The highest BCUT2D eigenvalue weighted by Crippen LogP contribution is 2.28. The van der Waals surface area contributed by atoms with E-state index in [2.05, 4.69) is 20.3 Å². The fourth-order valence-electron chi connectivity index (χ4n) is 2.05. The van der Waals surface area contributed by atoms with Crippen molar-refractivity contribution in [1.29, 1.82) is 0 Å². The summed E-state index contributed by atoms with van der Waals surface area (Å²) in [6.45, 7) is 0. The highest BCUT2D eigenvalue weighted by molar-refractivity contribution is 6.30. The summed E-state index contributed by atoms with van der Waals surface area (Å²) >= 11 is 5.96. The number of ether oxygens (including phenoxy) is 1. The van der Waals surface area contributed by atoms with Gasteiger partial charge in [0.15, 0.2) is 5.75 Å². The number of nitrogens with one attached hydrogen (secondary N) is 1. The second-order valence-electron chi connectivity index (χ2n) is 4.72. The van der Waals surface area contributed by atoms with E-state index in [9.17, 15) is 4.79 Å². The SMILES string of the molecule is NC(=O)Oc1cnccc1-c1cncc(Nc2cccc(Cl)c2)n1. The Labute approximate surface area is 142 Å². The molecule has 0 spiro atoms. The number of benzene rings is 1. The van der Waals surface area contributed by atoms with Crippen LogP contribution in [-0.4, -0.2) is 21.0 Å². The van der Waals surface area contributed by atoms with Crippen LogP contribution in [-0.2, 0) is 0 Å². The zero-order valence-corrected chi connectivity index (χ0v) is 13.1. The average molecular weight is 342 g/mol. The Morgan fingerprint density at radius 1 is 1.17 bits per heavy atom. The van der Waals surface area contributed by atoms with E-state index in [0.717, 1.165) is 5.69 Å². The number of aromatic nitrogens is 3. The minimum Gasteiger partial charge on any atom is -0.408 e. The molecule has 0 saturated heterocycles. The Kier molecular flexibility index (Phi) is 4.53. The summed E-state index contributed by atoms with van der Waals surface area (Å²) in [7, 11) is 0. The highest BCUT2D eigenvalue weighted by Gasteiger charge is 2.11. The molecule has 1 aromatic carbocycles. The molecule has 8 heteroatoms. The first-order valence-corrected chi connectivity index (χ1v) is 7.26. The van der Waals surface area contributed by atoms with E-state index in [4.69, 9.17) is 22.1 Å². The minimum absolute atomic E-state index is 0.208. The van der Waals surface area contributed by atoms with Crippen LogP contribution in [0.1, 0.15) is 0 Å². The fraction of sp³-hybridized carbons (Fsp3) is 0. The number of rotatable bonds is 4. The van der Waals surface area contributed by atoms with Crippen molar-refractivity contribution in [3.8, 4) is 17.0 Å². The maximum absolute atomic E-state index is 11.0. The van der Waals surface area contributed by atoms with Gasteiger partial charge in [-0.1, -0.05) is 17.7 Å². The first kappa shape index (κ1) is 15.7. The van der Waals surface area contributed by atoms with Gasteiger partial charge in [0.05, 0.1) is 24.3 Å². The average Bonchev–Trinajstić information content (AvgIpc) is 2.55. The Morgan fingerprint density at radius 3 is 2.83 bits per heavy atom. The van der Waals surface area contributed by atoms with E-state index < -0.39 is 6.09 Å². The van der Waals surface area contributed by atoms with Crippen LogP contribution in [0.4, 0.5) is 16.3 Å². The van der Waals surface area contributed by atoms with Gasteiger partial charge in [-0.25, -0.2) is 9.78 Å². The number of hydrogen-bond donors (Lipinski definition) is 2. The molecule has 0 bridgehead atoms. The van der Waals surface area contributed by atoms with Crippen LogP contribution in [0.3, 0.4) is 0 Å². The van der Waals surface area contributed by atoms with Crippen LogP contribution in [0.25, 0.3) is 11.3 Å². The summed E-state index contributed by atoms with van der Waals surface area (Å²) < 4.78 is 4.94. The van der Waals surface area contributed by atoms with E-state index in [-0.39, 0.29) is 5.75 Å². The third-order valence-corrected chi connectivity index (χ3v) is 3.24. The summed E-state index contributed by atoms with van der Waals surface area (Å²) in [5, 5.41) is 3.72. The topological polar surface area (TPSA) is 103 Å². The van der Waals surface area contributed by atoms with Gasteiger partial charge in [0, 0.05) is 22.5 Å².